The second kappa shape index (κ2) is 4.60. The first-order chi connectivity index (χ1) is 5.34. The SMILES string of the molecule is CSCC(=O)C1=CCCCC1. The van der Waals surface area contributed by atoms with Gasteiger partial charge in [-0.2, -0.15) is 11.8 Å². The van der Waals surface area contributed by atoms with Gasteiger partial charge in [0.05, 0.1) is 5.75 Å². The van der Waals surface area contributed by atoms with Crippen molar-refractivity contribution in [1.82, 2.24) is 0 Å². The first-order valence-corrected chi connectivity index (χ1v) is 5.45. The Labute approximate surface area is 72.2 Å². The number of allylic oxidation sites excluding steroid dienone is 2. The molecule has 0 unspecified atom stereocenters. The number of thioether (sulfide) groups is 1. The monoisotopic (exact) mass is 170 g/mol. The van der Waals surface area contributed by atoms with Crippen molar-refractivity contribution in [2.45, 2.75) is 25.7 Å². The molecule has 0 aliphatic heterocycles. The van der Waals surface area contributed by atoms with E-state index in [4.69, 9.17) is 0 Å². The smallest absolute Gasteiger partial charge is 0.168 e. The molecule has 0 spiro atoms. The van der Waals surface area contributed by atoms with Crippen molar-refractivity contribution in [2.24, 2.45) is 0 Å². The molecule has 62 valence electrons. The largest absolute Gasteiger partial charge is 0.294 e. The van der Waals surface area contributed by atoms with Crippen molar-refractivity contribution in [1.29, 1.82) is 0 Å². The summed E-state index contributed by atoms with van der Waals surface area (Å²) < 4.78 is 0. The van der Waals surface area contributed by atoms with E-state index in [2.05, 4.69) is 6.08 Å². The first kappa shape index (κ1) is 8.85. The lowest BCUT2D eigenvalue weighted by Gasteiger charge is -2.10. The Morgan fingerprint density at radius 3 is 3.00 bits per heavy atom. The minimum atomic E-state index is 0.345. The van der Waals surface area contributed by atoms with Gasteiger partial charge in [-0.05, 0) is 37.5 Å². The molecule has 1 aliphatic carbocycles. The summed E-state index contributed by atoms with van der Waals surface area (Å²) in [4.78, 5) is 11.3. The summed E-state index contributed by atoms with van der Waals surface area (Å²) in [5.41, 5.74) is 1.07. The van der Waals surface area contributed by atoms with Crippen LogP contribution in [0, 0.1) is 0 Å². The molecular weight excluding hydrogens is 156 g/mol. The first-order valence-electron chi connectivity index (χ1n) is 4.06. The Bertz CT molecular complexity index is 172. The average molecular weight is 170 g/mol. The standard InChI is InChI=1S/C9H14OS/c1-11-7-9(10)8-5-3-2-4-6-8/h5H,2-4,6-7H2,1H3. The van der Waals surface area contributed by atoms with Crippen LogP contribution in [-0.4, -0.2) is 17.8 Å². The molecule has 0 saturated heterocycles. The molecular formula is C9H14OS. The normalized spacial score (nSPS) is 17.7. The summed E-state index contributed by atoms with van der Waals surface area (Å²) in [6, 6.07) is 0. The third kappa shape index (κ3) is 2.70. The Kier molecular flexibility index (Phi) is 3.70. The van der Waals surface area contributed by atoms with Gasteiger partial charge in [0.15, 0.2) is 5.78 Å². The van der Waals surface area contributed by atoms with Crippen LogP contribution in [-0.2, 0) is 4.79 Å². The molecule has 0 amide bonds. The molecule has 0 aromatic rings. The Morgan fingerprint density at radius 2 is 2.45 bits per heavy atom. The van der Waals surface area contributed by atoms with Crippen molar-refractivity contribution in [3.05, 3.63) is 11.6 Å². The van der Waals surface area contributed by atoms with Crippen molar-refractivity contribution in [3.63, 3.8) is 0 Å². The average Bonchev–Trinajstić information content (AvgIpc) is 2.07. The number of carbonyl (C=O) groups excluding carboxylic acids is 1. The van der Waals surface area contributed by atoms with Crippen molar-refractivity contribution < 1.29 is 4.79 Å². The summed E-state index contributed by atoms with van der Waals surface area (Å²) in [5.74, 6) is 1.00. The molecule has 2 heteroatoms. The van der Waals surface area contributed by atoms with Crippen LogP contribution in [0.3, 0.4) is 0 Å². The van der Waals surface area contributed by atoms with E-state index in [1.54, 1.807) is 11.8 Å². The van der Waals surface area contributed by atoms with E-state index in [1.165, 1.54) is 12.8 Å². The Morgan fingerprint density at radius 1 is 1.64 bits per heavy atom. The molecule has 0 heterocycles. The fraction of sp³-hybridized carbons (Fsp3) is 0.667. The maximum atomic E-state index is 11.3. The van der Waals surface area contributed by atoms with Crippen LogP contribution in [0.4, 0.5) is 0 Å². The molecule has 1 nitrogen and oxygen atoms in total. The van der Waals surface area contributed by atoms with Gasteiger partial charge in [-0.3, -0.25) is 4.79 Å². The lowest BCUT2D eigenvalue weighted by atomic mass is 9.97. The van der Waals surface area contributed by atoms with Gasteiger partial charge in [0.25, 0.3) is 0 Å². The zero-order chi connectivity index (χ0) is 8.10. The number of carbonyl (C=O) groups is 1. The van der Waals surface area contributed by atoms with E-state index in [-0.39, 0.29) is 0 Å². The quantitative estimate of drug-likeness (QED) is 0.647. The topological polar surface area (TPSA) is 17.1 Å². The van der Waals surface area contributed by atoms with Gasteiger partial charge >= 0.3 is 0 Å². The van der Waals surface area contributed by atoms with Gasteiger partial charge in [0.2, 0.25) is 0 Å². The zero-order valence-corrected chi connectivity index (χ0v) is 7.75. The van der Waals surface area contributed by atoms with Crippen molar-refractivity contribution in [3.8, 4) is 0 Å². The summed E-state index contributed by atoms with van der Waals surface area (Å²) in [7, 11) is 0. The van der Waals surface area contributed by atoms with E-state index >= 15 is 0 Å². The molecule has 0 N–H and O–H groups in total. The van der Waals surface area contributed by atoms with Crippen LogP contribution in [0.5, 0.6) is 0 Å². The van der Waals surface area contributed by atoms with Crippen LogP contribution < -0.4 is 0 Å². The van der Waals surface area contributed by atoms with Gasteiger partial charge in [0.1, 0.15) is 0 Å². The zero-order valence-electron chi connectivity index (χ0n) is 6.93. The highest BCUT2D eigenvalue weighted by Crippen LogP contribution is 2.18. The predicted octanol–water partition coefficient (Wildman–Crippen LogP) is 2.42. The summed E-state index contributed by atoms with van der Waals surface area (Å²) in [5, 5.41) is 0. The number of hydrogen-bond donors (Lipinski definition) is 0. The second-order valence-corrected chi connectivity index (χ2v) is 3.70. The van der Waals surface area contributed by atoms with E-state index in [0.29, 0.717) is 11.5 Å². The van der Waals surface area contributed by atoms with Gasteiger partial charge in [0, 0.05) is 0 Å². The highest BCUT2D eigenvalue weighted by Gasteiger charge is 2.10. The third-order valence-electron chi connectivity index (χ3n) is 1.92. The minimum absolute atomic E-state index is 0.345. The van der Waals surface area contributed by atoms with E-state index in [9.17, 15) is 4.79 Å². The van der Waals surface area contributed by atoms with Crippen LogP contribution in [0.1, 0.15) is 25.7 Å². The second-order valence-electron chi connectivity index (χ2n) is 2.83. The molecule has 1 rings (SSSR count). The molecule has 0 radical (unpaired) electrons. The Balaban J connectivity index is 2.44. The van der Waals surface area contributed by atoms with Crippen LogP contribution in [0.25, 0.3) is 0 Å². The predicted molar refractivity (Wildman–Crippen MR) is 49.9 cm³/mol. The molecule has 0 fully saturated rings. The molecule has 0 bridgehead atoms. The number of hydrogen-bond acceptors (Lipinski definition) is 2. The highest BCUT2D eigenvalue weighted by atomic mass is 32.2. The number of Topliss-reactive ketones (excluding diaryl/α,β-unsaturated/α-hetero) is 1. The van der Waals surface area contributed by atoms with E-state index in [0.717, 1.165) is 18.4 Å². The lowest BCUT2D eigenvalue weighted by molar-refractivity contribution is -0.113. The molecule has 11 heavy (non-hydrogen) atoms. The van der Waals surface area contributed by atoms with Gasteiger partial charge in [-0.1, -0.05) is 6.08 Å². The van der Waals surface area contributed by atoms with E-state index < -0.39 is 0 Å². The van der Waals surface area contributed by atoms with Crippen LogP contribution in [0.2, 0.25) is 0 Å². The molecule has 1 aliphatic rings. The van der Waals surface area contributed by atoms with Gasteiger partial charge in [-0.15, -0.1) is 0 Å². The summed E-state index contributed by atoms with van der Waals surface area (Å²) in [6.45, 7) is 0. The summed E-state index contributed by atoms with van der Waals surface area (Å²) >= 11 is 1.61. The molecule has 0 aromatic heterocycles. The Hall–Kier alpha value is -0.240. The molecule has 0 aromatic carbocycles. The fourth-order valence-corrected chi connectivity index (χ4v) is 1.76. The van der Waals surface area contributed by atoms with Gasteiger partial charge < -0.3 is 0 Å². The summed E-state index contributed by atoms with van der Waals surface area (Å²) in [6.07, 6.45) is 8.67. The maximum absolute atomic E-state index is 11.3. The maximum Gasteiger partial charge on any atom is 0.168 e. The number of ketones is 1. The van der Waals surface area contributed by atoms with Crippen molar-refractivity contribution >= 4 is 17.5 Å². The van der Waals surface area contributed by atoms with Crippen molar-refractivity contribution in [2.75, 3.05) is 12.0 Å². The van der Waals surface area contributed by atoms with Gasteiger partial charge in [-0.25, -0.2) is 0 Å². The lowest BCUT2D eigenvalue weighted by Crippen LogP contribution is -2.07. The van der Waals surface area contributed by atoms with E-state index in [1.807, 2.05) is 6.26 Å². The van der Waals surface area contributed by atoms with Crippen LogP contribution in [0.15, 0.2) is 11.6 Å². The molecule has 0 saturated carbocycles. The highest BCUT2D eigenvalue weighted by molar-refractivity contribution is 7.99. The minimum Gasteiger partial charge on any atom is -0.294 e. The van der Waals surface area contributed by atoms with Crippen LogP contribution >= 0.6 is 11.8 Å². The third-order valence-corrected chi connectivity index (χ3v) is 2.48. The fourth-order valence-electron chi connectivity index (χ4n) is 1.32. The molecule has 0 atom stereocenters. The number of rotatable bonds is 3.